The third-order valence-electron chi connectivity index (χ3n) is 5.70. The Balaban J connectivity index is 1.56. The van der Waals surface area contributed by atoms with Gasteiger partial charge in [-0.25, -0.2) is 8.42 Å². The Morgan fingerprint density at radius 1 is 0.900 bits per heavy atom. The van der Waals surface area contributed by atoms with Crippen LogP contribution >= 0.6 is 0 Å². The third kappa shape index (κ3) is 5.29. The van der Waals surface area contributed by atoms with Gasteiger partial charge in [-0.1, -0.05) is 62.7 Å². The maximum atomic E-state index is 13.0. The average Bonchev–Trinajstić information content (AvgIpc) is 2.72. The van der Waals surface area contributed by atoms with E-state index in [9.17, 15) is 13.2 Å². The van der Waals surface area contributed by atoms with Crippen molar-refractivity contribution in [2.75, 3.05) is 26.2 Å². The highest BCUT2D eigenvalue weighted by Gasteiger charge is 2.30. The van der Waals surface area contributed by atoms with E-state index in [1.54, 1.807) is 17.0 Å². The fourth-order valence-corrected chi connectivity index (χ4v) is 5.04. The highest BCUT2D eigenvalue weighted by Crippen LogP contribution is 2.25. The van der Waals surface area contributed by atoms with E-state index in [4.69, 9.17) is 0 Å². The standard InChI is InChI=1S/C24H32N2O3S/c1-19-5-7-20(8-6-19)9-14-23(27)25-15-17-26(18-16-25)30(28,29)22-12-10-21(11-13-22)24(2,3)4/h5-8,10-13H,9,14-18H2,1-4H3. The van der Waals surface area contributed by atoms with Gasteiger partial charge in [-0.15, -0.1) is 0 Å². The summed E-state index contributed by atoms with van der Waals surface area (Å²) in [5, 5.41) is 0. The van der Waals surface area contributed by atoms with Crippen molar-refractivity contribution in [3.05, 3.63) is 65.2 Å². The third-order valence-corrected chi connectivity index (χ3v) is 7.61. The molecule has 1 aliphatic rings. The molecule has 2 aromatic rings. The minimum absolute atomic E-state index is 0.0210. The quantitative estimate of drug-likeness (QED) is 0.729. The number of piperazine rings is 1. The number of aryl methyl sites for hydroxylation is 2. The fraction of sp³-hybridized carbons (Fsp3) is 0.458. The van der Waals surface area contributed by atoms with Gasteiger partial charge in [0.05, 0.1) is 4.90 Å². The lowest BCUT2D eigenvalue weighted by molar-refractivity contribution is -0.132. The smallest absolute Gasteiger partial charge is 0.243 e. The molecule has 2 aromatic carbocycles. The molecule has 0 unspecified atom stereocenters. The first-order valence-electron chi connectivity index (χ1n) is 10.5. The molecule has 6 heteroatoms. The second kappa shape index (κ2) is 8.90. The summed E-state index contributed by atoms with van der Waals surface area (Å²) in [6.07, 6.45) is 1.15. The molecule has 0 bridgehead atoms. The molecule has 3 rings (SSSR count). The van der Waals surface area contributed by atoms with Crippen molar-refractivity contribution >= 4 is 15.9 Å². The van der Waals surface area contributed by atoms with Gasteiger partial charge in [0.25, 0.3) is 0 Å². The van der Waals surface area contributed by atoms with Gasteiger partial charge in [0, 0.05) is 32.6 Å². The first kappa shape index (κ1) is 22.5. The molecule has 0 spiro atoms. The van der Waals surface area contributed by atoms with Crippen molar-refractivity contribution in [3.63, 3.8) is 0 Å². The summed E-state index contributed by atoms with van der Waals surface area (Å²) in [5.41, 5.74) is 3.43. The lowest BCUT2D eigenvalue weighted by atomic mass is 9.87. The van der Waals surface area contributed by atoms with Crippen LogP contribution in [0.15, 0.2) is 53.4 Å². The van der Waals surface area contributed by atoms with Crippen molar-refractivity contribution in [3.8, 4) is 0 Å². The number of sulfonamides is 1. The van der Waals surface area contributed by atoms with Gasteiger partial charge in [0.2, 0.25) is 15.9 Å². The Kier molecular flexibility index (Phi) is 6.68. The van der Waals surface area contributed by atoms with Crippen molar-refractivity contribution < 1.29 is 13.2 Å². The Morgan fingerprint density at radius 2 is 1.47 bits per heavy atom. The van der Waals surface area contributed by atoms with E-state index in [1.165, 1.54) is 9.87 Å². The largest absolute Gasteiger partial charge is 0.340 e. The number of rotatable bonds is 5. The second-order valence-corrected chi connectivity index (χ2v) is 11.0. The monoisotopic (exact) mass is 428 g/mol. The van der Waals surface area contributed by atoms with Crippen LogP contribution in [0, 0.1) is 6.92 Å². The van der Waals surface area contributed by atoms with Crippen LogP contribution in [-0.2, 0) is 26.7 Å². The van der Waals surface area contributed by atoms with Crippen LogP contribution in [-0.4, -0.2) is 49.7 Å². The first-order chi connectivity index (χ1) is 14.1. The van der Waals surface area contributed by atoms with Crippen LogP contribution in [0.1, 0.15) is 43.9 Å². The molecule has 30 heavy (non-hydrogen) atoms. The Morgan fingerprint density at radius 3 is 2.00 bits per heavy atom. The topological polar surface area (TPSA) is 57.7 Å². The molecule has 0 N–H and O–H groups in total. The highest BCUT2D eigenvalue weighted by molar-refractivity contribution is 7.89. The molecular weight excluding hydrogens is 396 g/mol. The molecule has 5 nitrogen and oxygen atoms in total. The fourth-order valence-electron chi connectivity index (χ4n) is 3.62. The lowest BCUT2D eigenvalue weighted by Crippen LogP contribution is -2.50. The molecule has 1 heterocycles. The highest BCUT2D eigenvalue weighted by atomic mass is 32.2. The van der Waals surface area contributed by atoms with Crippen LogP contribution in [0.5, 0.6) is 0 Å². The molecule has 0 aromatic heterocycles. The number of hydrogen-bond acceptors (Lipinski definition) is 3. The number of amides is 1. The van der Waals surface area contributed by atoms with Crippen LogP contribution < -0.4 is 0 Å². The molecule has 0 aliphatic carbocycles. The van der Waals surface area contributed by atoms with Crippen LogP contribution in [0.4, 0.5) is 0 Å². The van der Waals surface area contributed by atoms with Gasteiger partial charge in [-0.3, -0.25) is 4.79 Å². The van der Waals surface area contributed by atoms with Crippen molar-refractivity contribution in [1.82, 2.24) is 9.21 Å². The zero-order valence-corrected chi connectivity index (χ0v) is 19.2. The zero-order chi connectivity index (χ0) is 21.9. The van der Waals surface area contributed by atoms with Crippen LogP contribution in [0.25, 0.3) is 0 Å². The van der Waals surface area contributed by atoms with Crippen LogP contribution in [0.3, 0.4) is 0 Å². The molecule has 0 radical (unpaired) electrons. The molecule has 1 aliphatic heterocycles. The minimum atomic E-state index is -3.54. The Labute approximate surface area is 180 Å². The summed E-state index contributed by atoms with van der Waals surface area (Å²) >= 11 is 0. The number of carbonyl (C=O) groups is 1. The molecule has 0 saturated carbocycles. The van der Waals surface area contributed by atoms with E-state index in [1.807, 2.05) is 19.1 Å². The Bertz CT molecular complexity index is 967. The molecule has 1 amide bonds. The maximum absolute atomic E-state index is 13.0. The van der Waals surface area contributed by atoms with Gasteiger partial charge in [0.1, 0.15) is 0 Å². The lowest BCUT2D eigenvalue weighted by Gasteiger charge is -2.34. The van der Waals surface area contributed by atoms with Gasteiger partial charge in [-0.05, 0) is 42.0 Å². The summed E-state index contributed by atoms with van der Waals surface area (Å²) in [6, 6.07) is 15.4. The van der Waals surface area contributed by atoms with Gasteiger partial charge in [-0.2, -0.15) is 4.31 Å². The van der Waals surface area contributed by atoms with Crippen molar-refractivity contribution in [2.24, 2.45) is 0 Å². The first-order valence-corrected chi connectivity index (χ1v) is 12.0. The SMILES string of the molecule is Cc1ccc(CCC(=O)N2CCN(S(=O)(=O)c3ccc(C(C)(C)C)cc3)CC2)cc1. The normalized spacial score (nSPS) is 15.9. The molecular formula is C24H32N2O3S. The number of benzene rings is 2. The minimum Gasteiger partial charge on any atom is -0.340 e. The number of nitrogens with zero attached hydrogens (tertiary/aromatic N) is 2. The van der Waals surface area contributed by atoms with Crippen molar-refractivity contribution in [2.45, 2.75) is 50.8 Å². The number of hydrogen-bond donors (Lipinski definition) is 0. The van der Waals surface area contributed by atoms with E-state index in [-0.39, 0.29) is 11.3 Å². The average molecular weight is 429 g/mol. The predicted octanol–water partition coefficient (Wildman–Crippen LogP) is 3.76. The molecule has 1 fully saturated rings. The summed E-state index contributed by atoms with van der Waals surface area (Å²) in [5.74, 6) is 0.0853. The van der Waals surface area contributed by atoms with E-state index < -0.39 is 10.0 Å². The number of carbonyl (C=O) groups excluding carboxylic acids is 1. The van der Waals surface area contributed by atoms with Gasteiger partial charge >= 0.3 is 0 Å². The van der Waals surface area contributed by atoms with E-state index in [0.29, 0.717) is 43.9 Å². The van der Waals surface area contributed by atoms with E-state index in [2.05, 4.69) is 45.0 Å². The molecule has 1 saturated heterocycles. The summed E-state index contributed by atoms with van der Waals surface area (Å²) in [4.78, 5) is 14.6. The van der Waals surface area contributed by atoms with Gasteiger partial charge < -0.3 is 4.90 Å². The Hall–Kier alpha value is -2.18. The molecule has 0 atom stereocenters. The maximum Gasteiger partial charge on any atom is 0.243 e. The summed E-state index contributed by atoms with van der Waals surface area (Å²) in [6.45, 7) is 9.89. The van der Waals surface area contributed by atoms with E-state index in [0.717, 1.165) is 11.1 Å². The second-order valence-electron chi connectivity index (χ2n) is 9.04. The molecule has 162 valence electrons. The summed E-state index contributed by atoms with van der Waals surface area (Å²) < 4.78 is 27.5. The predicted molar refractivity (Wildman–Crippen MR) is 120 cm³/mol. The summed E-state index contributed by atoms with van der Waals surface area (Å²) in [7, 11) is -3.54. The van der Waals surface area contributed by atoms with Crippen LogP contribution in [0.2, 0.25) is 0 Å². The van der Waals surface area contributed by atoms with E-state index >= 15 is 0 Å². The zero-order valence-electron chi connectivity index (χ0n) is 18.4. The van der Waals surface area contributed by atoms with Crippen molar-refractivity contribution in [1.29, 1.82) is 0 Å². The van der Waals surface area contributed by atoms with Gasteiger partial charge in [0.15, 0.2) is 0 Å².